The summed E-state index contributed by atoms with van der Waals surface area (Å²) in [4.78, 5) is 16.8. The lowest BCUT2D eigenvalue weighted by atomic mass is 10.1. The molecular formula is C15H19FN2O3. The maximum atomic E-state index is 13.1. The van der Waals surface area contributed by atoms with Crippen LogP contribution >= 0.6 is 0 Å². The van der Waals surface area contributed by atoms with Crippen molar-refractivity contribution in [2.45, 2.75) is 6.42 Å². The van der Waals surface area contributed by atoms with Crippen molar-refractivity contribution >= 4 is 16.8 Å². The van der Waals surface area contributed by atoms with Crippen LogP contribution in [0.3, 0.4) is 0 Å². The molecule has 0 radical (unpaired) electrons. The Morgan fingerprint density at radius 3 is 2.95 bits per heavy atom. The molecule has 0 spiro atoms. The summed E-state index contributed by atoms with van der Waals surface area (Å²) in [5.74, 6) is -0.407. The maximum Gasteiger partial charge on any atom is 0.227 e. The molecule has 0 atom stereocenters. The van der Waals surface area contributed by atoms with Gasteiger partial charge in [0.05, 0.1) is 19.6 Å². The lowest BCUT2D eigenvalue weighted by Gasteiger charge is -2.21. The molecule has 0 aliphatic heterocycles. The fraction of sp³-hybridized carbons (Fsp3) is 0.400. The second-order valence-electron chi connectivity index (χ2n) is 4.78. The molecule has 0 aliphatic carbocycles. The average Bonchev–Trinajstić information content (AvgIpc) is 2.85. The number of aliphatic hydroxyl groups is 1. The summed E-state index contributed by atoms with van der Waals surface area (Å²) < 4.78 is 18.1. The third kappa shape index (κ3) is 3.80. The maximum absolute atomic E-state index is 13.1. The molecule has 0 saturated carbocycles. The third-order valence-electron chi connectivity index (χ3n) is 3.36. The van der Waals surface area contributed by atoms with Crippen LogP contribution in [0.4, 0.5) is 4.39 Å². The lowest BCUT2D eigenvalue weighted by Crippen LogP contribution is -2.37. The van der Waals surface area contributed by atoms with E-state index in [1.54, 1.807) is 24.3 Å². The van der Waals surface area contributed by atoms with Crippen molar-refractivity contribution in [1.29, 1.82) is 0 Å². The third-order valence-corrected chi connectivity index (χ3v) is 3.36. The van der Waals surface area contributed by atoms with E-state index in [9.17, 15) is 9.18 Å². The van der Waals surface area contributed by atoms with Crippen LogP contribution in [0.2, 0.25) is 0 Å². The molecule has 1 heterocycles. The number of aromatic amines is 1. The smallest absolute Gasteiger partial charge is 0.227 e. The Morgan fingerprint density at radius 2 is 2.24 bits per heavy atom. The summed E-state index contributed by atoms with van der Waals surface area (Å²) in [5.41, 5.74) is 1.48. The molecule has 0 unspecified atom stereocenters. The molecule has 1 amide bonds. The Morgan fingerprint density at radius 1 is 1.43 bits per heavy atom. The standard InChI is InChI=1S/C15H19FN2O3/c1-21-7-5-18(4-6-19)15(20)8-11-10-17-14-9-12(16)2-3-13(11)14/h2-3,9-10,17,19H,4-8H2,1H3. The molecule has 0 saturated heterocycles. The number of benzene rings is 1. The number of halogens is 1. The zero-order valence-electron chi connectivity index (χ0n) is 11.9. The summed E-state index contributed by atoms with van der Waals surface area (Å²) >= 11 is 0. The van der Waals surface area contributed by atoms with Crippen LogP contribution in [0.5, 0.6) is 0 Å². The minimum absolute atomic E-state index is 0.0887. The van der Waals surface area contributed by atoms with E-state index in [0.29, 0.717) is 18.7 Å². The van der Waals surface area contributed by atoms with E-state index < -0.39 is 0 Å². The molecule has 2 N–H and O–H groups in total. The SMILES string of the molecule is COCCN(CCO)C(=O)Cc1c[nH]c2cc(F)ccc12. The van der Waals surface area contributed by atoms with Crippen LogP contribution < -0.4 is 0 Å². The predicted octanol–water partition coefficient (Wildman–Crippen LogP) is 1.32. The van der Waals surface area contributed by atoms with E-state index in [4.69, 9.17) is 9.84 Å². The number of ether oxygens (including phenoxy) is 1. The number of carbonyl (C=O) groups excluding carboxylic acids is 1. The zero-order valence-corrected chi connectivity index (χ0v) is 11.9. The van der Waals surface area contributed by atoms with Gasteiger partial charge < -0.3 is 19.7 Å². The number of nitrogens with one attached hydrogen (secondary N) is 1. The molecule has 0 aliphatic rings. The first-order valence-electron chi connectivity index (χ1n) is 6.78. The molecule has 5 nitrogen and oxygen atoms in total. The highest BCUT2D eigenvalue weighted by atomic mass is 19.1. The van der Waals surface area contributed by atoms with Gasteiger partial charge in [-0.1, -0.05) is 0 Å². The van der Waals surface area contributed by atoms with Gasteiger partial charge in [0.15, 0.2) is 0 Å². The zero-order chi connectivity index (χ0) is 15.2. The highest BCUT2D eigenvalue weighted by molar-refractivity contribution is 5.88. The van der Waals surface area contributed by atoms with Crippen molar-refractivity contribution in [3.8, 4) is 0 Å². The Hall–Kier alpha value is -1.92. The van der Waals surface area contributed by atoms with Crippen molar-refractivity contribution in [1.82, 2.24) is 9.88 Å². The number of H-pyrrole nitrogens is 1. The van der Waals surface area contributed by atoms with Gasteiger partial charge in [-0.2, -0.15) is 0 Å². The van der Waals surface area contributed by atoms with Gasteiger partial charge in [0.2, 0.25) is 5.91 Å². The van der Waals surface area contributed by atoms with Gasteiger partial charge in [-0.05, 0) is 23.8 Å². The average molecular weight is 294 g/mol. The Bertz CT molecular complexity index is 612. The topological polar surface area (TPSA) is 65.6 Å². The Labute approximate surface area is 122 Å². The summed E-state index contributed by atoms with van der Waals surface area (Å²) in [6.45, 7) is 1.05. The highest BCUT2D eigenvalue weighted by Gasteiger charge is 2.15. The van der Waals surface area contributed by atoms with Crippen LogP contribution in [0, 0.1) is 5.82 Å². The first-order valence-corrected chi connectivity index (χ1v) is 6.78. The fourth-order valence-electron chi connectivity index (χ4n) is 2.26. The summed E-state index contributed by atoms with van der Waals surface area (Å²) in [6, 6.07) is 4.44. The quantitative estimate of drug-likeness (QED) is 0.809. The number of aliphatic hydroxyl groups excluding tert-OH is 1. The summed E-state index contributed by atoms with van der Waals surface area (Å²) in [7, 11) is 1.57. The molecule has 21 heavy (non-hydrogen) atoms. The van der Waals surface area contributed by atoms with E-state index in [0.717, 1.165) is 10.9 Å². The second kappa shape index (κ2) is 7.19. The molecule has 2 aromatic rings. The van der Waals surface area contributed by atoms with Gasteiger partial charge >= 0.3 is 0 Å². The number of amides is 1. The van der Waals surface area contributed by atoms with Crippen LogP contribution in [0.1, 0.15) is 5.56 Å². The first kappa shape index (κ1) is 15.5. The van der Waals surface area contributed by atoms with Crippen LogP contribution in [0.25, 0.3) is 10.9 Å². The monoisotopic (exact) mass is 294 g/mol. The number of methoxy groups -OCH3 is 1. The molecule has 6 heteroatoms. The van der Waals surface area contributed by atoms with E-state index in [1.165, 1.54) is 12.1 Å². The second-order valence-corrected chi connectivity index (χ2v) is 4.78. The van der Waals surface area contributed by atoms with Crippen molar-refractivity contribution in [2.75, 3.05) is 33.4 Å². The van der Waals surface area contributed by atoms with Crippen molar-refractivity contribution in [2.24, 2.45) is 0 Å². The van der Waals surface area contributed by atoms with E-state index in [1.807, 2.05) is 0 Å². The van der Waals surface area contributed by atoms with Gasteiger partial charge in [-0.25, -0.2) is 4.39 Å². The van der Waals surface area contributed by atoms with Crippen molar-refractivity contribution in [3.63, 3.8) is 0 Å². The number of nitrogens with zero attached hydrogens (tertiary/aromatic N) is 1. The summed E-state index contributed by atoms with van der Waals surface area (Å²) in [6.07, 6.45) is 1.92. The van der Waals surface area contributed by atoms with E-state index in [2.05, 4.69) is 4.98 Å². The molecule has 1 aromatic carbocycles. The fourth-order valence-corrected chi connectivity index (χ4v) is 2.26. The number of carbonyl (C=O) groups is 1. The molecular weight excluding hydrogens is 275 g/mol. The number of fused-ring (bicyclic) bond motifs is 1. The predicted molar refractivity (Wildman–Crippen MR) is 77.5 cm³/mol. The number of hydrogen-bond donors (Lipinski definition) is 2. The number of rotatable bonds is 7. The first-order chi connectivity index (χ1) is 10.2. The van der Waals surface area contributed by atoms with Gasteiger partial charge in [-0.3, -0.25) is 4.79 Å². The number of hydrogen-bond acceptors (Lipinski definition) is 3. The largest absolute Gasteiger partial charge is 0.395 e. The van der Waals surface area contributed by atoms with Crippen molar-refractivity contribution < 1.29 is 19.0 Å². The van der Waals surface area contributed by atoms with E-state index >= 15 is 0 Å². The van der Waals surface area contributed by atoms with Crippen LogP contribution in [-0.4, -0.2) is 54.3 Å². The Kier molecular flexibility index (Phi) is 5.30. The summed E-state index contributed by atoms with van der Waals surface area (Å²) in [5, 5.41) is 9.86. The van der Waals surface area contributed by atoms with Gasteiger partial charge in [0, 0.05) is 37.3 Å². The van der Waals surface area contributed by atoms with E-state index in [-0.39, 0.29) is 31.3 Å². The highest BCUT2D eigenvalue weighted by Crippen LogP contribution is 2.20. The van der Waals surface area contributed by atoms with Crippen LogP contribution in [0.15, 0.2) is 24.4 Å². The minimum atomic E-state index is -0.316. The molecule has 1 aromatic heterocycles. The van der Waals surface area contributed by atoms with Gasteiger partial charge in [0.1, 0.15) is 5.82 Å². The van der Waals surface area contributed by atoms with Gasteiger partial charge in [0.25, 0.3) is 0 Å². The number of aromatic nitrogens is 1. The van der Waals surface area contributed by atoms with Gasteiger partial charge in [-0.15, -0.1) is 0 Å². The minimum Gasteiger partial charge on any atom is -0.395 e. The lowest BCUT2D eigenvalue weighted by molar-refractivity contribution is -0.131. The molecule has 0 fully saturated rings. The molecule has 0 bridgehead atoms. The Balaban J connectivity index is 2.12. The van der Waals surface area contributed by atoms with Crippen molar-refractivity contribution in [3.05, 3.63) is 35.8 Å². The molecule has 2 rings (SSSR count). The normalized spacial score (nSPS) is 11.0. The molecule has 114 valence electrons. The van der Waals surface area contributed by atoms with Crippen LogP contribution in [-0.2, 0) is 16.0 Å².